The van der Waals surface area contributed by atoms with Gasteiger partial charge in [-0.25, -0.2) is 8.78 Å². The highest BCUT2D eigenvalue weighted by molar-refractivity contribution is 9.08. The van der Waals surface area contributed by atoms with E-state index in [1.807, 2.05) is 0 Å². The van der Waals surface area contributed by atoms with Crippen molar-refractivity contribution in [3.05, 3.63) is 59.7 Å². The summed E-state index contributed by atoms with van der Waals surface area (Å²) in [5, 5.41) is 0.602. The third kappa shape index (κ3) is 8.64. The van der Waals surface area contributed by atoms with Crippen LogP contribution in [0.25, 0.3) is 0 Å². The van der Waals surface area contributed by atoms with Gasteiger partial charge in [-0.05, 0) is 24.3 Å². The summed E-state index contributed by atoms with van der Waals surface area (Å²) in [5.74, 6) is -0.266. The van der Waals surface area contributed by atoms with E-state index in [2.05, 4.69) is 25.9 Å². The number of hydrogen-bond donors (Lipinski definition) is 0. The smallest absolute Gasteiger partial charge is 0.126 e. The van der Waals surface area contributed by atoms with Gasteiger partial charge in [0.05, 0.1) is 17.3 Å². The Labute approximate surface area is 141 Å². The van der Waals surface area contributed by atoms with E-state index in [9.17, 15) is 8.78 Å². The zero-order valence-electron chi connectivity index (χ0n) is 10.1. The lowest BCUT2D eigenvalue weighted by molar-refractivity contribution is 0.623. The highest BCUT2D eigenvalue weighted by Crippen LogP contribution is 2.03. The molecule has 0 saturated heterocycles. The zero-order valence-corrected chi connectivity index (χ0v) is 14.1. The second-order valence-electron chi connectivity index (χ2n) is 3.20. The fourth-order valence-corrected chi connectivity index (χ4v) is 1.50. The molecule has 0 aliphatic carbocycles. The Balaban J connectivity index is 0. The molecule has 0 amide bonds. The molecule has 2 aromatic rings. The van der Waals surface area contributed by atoms with Gasteiger partial charge in [-0.2, -0.15) is 0 Å². The van der Waals surface area contributed by atoms with Gasteiger partial charge in [0.15, 0.2) is 0 Å². The highest BCUT2D eigenvalue weighted by Gasteiger charge is 1.92. The van der Waals surface area contributed by atoms with Crippen molar-refractivity contribution in [1.82, 2.24) is 9.97 Å². The van der Waals surface area contributed by atoms with Crippen LogP contribution in [0.3, 0.4) is 0 Å². The van der Waals surface area contributed by atoms with Crippen LogP contribution in [0.2, 0.25) is 0 Å². The molecule has 0 radical (unpaired) electrons. The van der Waals surface area contributed by atoms with Crippen molar-refractivity contribution in [3.63, 3.8) is 0 Å². The van der Waals surface area contributed by atoms with Gasteiger partial charge in [0, 0.05) is 17.7 Å². The summed E-state index contributed by atoms with van der Waals surface area (Å²) in [6.45, 7) is 0. The van der Waals surface area contributed by atoms with Crippen molar-refractivity contribution in [2.24, 2.45) is 0 Å². The minimum absolute atomic E-state index is 0. The summed E-state index contributed by atoms with van der Waals surface area (Å²) < 4.78 is 24.5. The Morgan fingerprint density at radius 2 is 1.40 bits per heavy atom. The summed E-state index contributed by atoms with van der Waals surface area (Å²) in [7, 11) is 0. The maximum atomic E-state index is 12.3. The minimum atomic E-state index is -0.291. The number of halogens is 6. The summed E-state index contributed by atoms with van der Waals surface area (Å²) >= 11 is 8.53. The lowest BCUT2D eigenvalue weighted by Gasteiger charge is -1.90. The number of pyridine rings is 2. The van der Waals surface area contributed by atoms with Crippen molar-refractivity contribution in [1.29, 1.82) is 0 Å². The van der Waals surface area contributed by atoms with Crippen LogP contribution in [0.15, 0.2) is 36.7 Å². The standard InChI is InChI=1S/C6H5BrFN.C6H5ClFN.2ClH/c2*7-4-6-3-5(8)1-2-9-6;;/h2*1-3H,4H2;2*1H. The van der Waals surface area contributed by atoms with E-state index < -0.39 is 0 Å². The Hall–Kier alpha value is -0.490. The van der Waals surface area contributed by atoms with Gasteiger partial charge < -0.3 is 0 Å². The van der Waals surface area contributed by atoms with Gasteiger partial charge in [0.1, 0.15) is 11.6 Å². The molecule has 0 saturated carbocycles. The van der Waals surface area contributed by atoms with Gasteiger partial charge in [-0.1, -0.05) is 15.9 Å². The molecule has 2 aromatic heterocycles. The molecule has 20 heavy (non-hydrogen) atoms. The first-order chi connectivity index (χ1) is 8.65. The van der Waals surface area contributed by atoms with Gasteiger partial charge >= 0.3 is 0 Å². The number of hydrogen-bond acceptors (Lipinski definition) is 2. The molecular formula is C12H12BrCl3F2N2. The van der Waals surface area contributed by atoms with Crippen molar-refractivity contribution in [2.75, 3.05) is 0 Å². The molecule has 0 spiro atoms. The van der Waals surface area contributed by atoms with E-state index in [0.717, 1.165) is 5.69 Å². The Kier molecular flexibility index (Phi) is 13.4. The maximum Gasteiger partial charge on any atom is 0.126 e. The lowest BCUT2D eigenvalue weighted by atomic mass is 10.4. The first-order valence-corrected chi connectivity index (χ1v) is 6.64. The molecule has 2 rings (SSSR count). The molecule has 0 N–H and O–H groups in total. The van der Waals surface area contributed by atoms with E-state index in [-0.39, 0.29) is 42.3 Å². The molecular weight excluding hydrogens is 396 g/mol. The average Bonchev–Trinajstić information content (AvgIpc) is 2.39. The van der Waals surface area contributed by atoms with Crippen LogP contribution in [-0.2, 0) is 11.2 Å². The molecule has 8 heteroatoms. The molecule has 0 unspecified atom stereocenters. The molecule has 0 atom stereocenters. The number of alkyl halides is 2. The fourth-order valence-electron chi connectivity index (χ4n) is 1.04. The monoisotopic (exact) mass is 406 g/mol. The second kappa shape index (κ2) is 12.3. The summed E-state index contributed by atoms with van der Waals surface area (Å²) in [6, 6.07) is 5.32. The van der Waals surface area contributed by atoms with E-state index in [1.54, 1.807) is 0 Å². The van der Waals surface area contributed by atoms with Gasteiger partial charge in [-0.15, -0.1) is 36.4 Å². The van der Waals surface area contributed by atoms with Crippen LogP contribution in [0, 0.1) is 11.6 Å². The quantitative estimate of drug-likeness (QED) is 0.660. The van der Waals surface area contributed by atoms with E-state index >= 15 is 0 Å². The van der Waals surface area contributed by atoms with Gasteiger partial charge in [0.25, 0.3) is 0 Å². The number of rotatable bonds is 2. The highest BCUT2D eigenvalue weighted by atomic mass is 79.9. The largest absolute Gasteiger partial charge is 0.260 e. The topological polar surface area (TPSA) is 25.8 Å². The Morgan fingerprint density at radius 1 is 0.950 bits per heavy atom. The van der Waals surface area contributed by atoms with E-state index in [4.69, 9.17) is 11.6 Å². The van der Waals surface area contributed by atoms with Crippen LogP contribution in [0.1, 0.15) is 11.4 Å². The molecule has 112 valence electrons. The maximum absolute atomic E-state index is 12.3. The summed E-state index contributed by atoms with van der Waals surface area (Å²) in [5.41, 5.74) is 1.28. The first kappa shape index (κ1) is 21.8. The molecule has 0 aliphatic rings. The van der Waals surface area contributed by atoms with Crippen LogP contribution in [-0.4, -0.2) is 9.97 Å². The predicted octanol–water partition coefficient (Wildman–Crippen LogP) is 4.92. The van der Waals surface area contributed by atoms with Crippen molar-refractivity contribution >= 4 is 52.3 Å². The summed E-state index contributed by atoms with van der Waals surface area (Å²) in [4.78, 5) is 7.66. The van der Waals surface area contributed by atoms with Crippen LogP contribution < -0.4 is 0 Å². The van der Waals surface area contributed by atoms with Crippen LogP contribution in [0.4, 0.5) is 8.78 Å². The minimum Gasteiger partial charge on any atom is -0.260 e. The van der Waals surface area contributed by atoms with Crippen molar-refractivity contribution in [3.8, 4) is 0 Å². The van der Waals surface area contributed by atoms with Crippen LogP contribution >= 0.6 is 52.3 Å². The summed E-state index contributed by atoms with van der Waals surface area (Å²) in [6.07, 6.45) is 2.85. The van der Waals surface area contributed by atoms with Crippen LogP contribution in [0.5, 0.6) is 0 Å². The first-order valence-electron chi connectivity index (χ1n) is 4.98. The van der Waals surface area contributed by atoms with E-state index in [0.29, 0.717) is 11.0 Å². The third-order valence-corrected chi connectivity index (χ3v) is 2.68. The fraction of sp³-hybridized carbons (Fsp3) is 0.167. The molecule has 0 fully saturated rings. The van der Waals surface area contributed by atoms with Gasteiger partial charge in [0.2, 0.25) is 0 Å². The lowest BCUT2D eigenvalue weighted by Crippen LogP contribution is -1.84. The Morgan fingerprint density at radius 3 is 1.70 bits per heavy atom. The molecule has 0 bridgehead atoms. The normalized spacial score (nSPS) is 8.60. The molecule has 0 aromatic carbocycles. The van der Waals surface area contributed by atoms with Crippen molar-refractivity contribution < 1.29 is 8.78 Å². The number of nitrogens with zero attached hydrogens (tertiary/aromatic N) is 2. The molecule has 0 aliphatic heterocycles. The molecule has 2 nitrogen and oxygen atoms in total. The molecule has 2 heterocycles. The number of aromatic nitrogens is 2. The SMILES string of the molecule is Cl.Cl.Fc1ccnc(CBr)c1.Fc1ccnc(CCl)c1. The third-order valence-electron chi connectivity index (χ3n) is 1.83. The van der Waals surface area contributed by atoms with Gasteiger partial charge in [-0.3, -0.25) is 9.97 Å². The van der Waals surface area contributed by atoms with Crippen molar-refractivity contribution in [2.45, 2.75) is 11.2 Å². The average molecular weight is 409 g/mol. The Bertz CT molecular complexity index is 458. The zero-order chi connectivity index (χ0) is 13.4. The van der Waals surface area contributed by atoms with E-state index in [1.165, 1.54) is 36.7 Å². The second-order valence-corrected chi connectivity index (χ2v) is 4.03. The predicted molar refractivity (Wildman–Crippen MR) is 85.1 cm³/mol.